The molecule has 0 aliphatic carbocycles. The zero-order chi connectivity index (χ0) is 23.6. The van der Waals surface area contributed by atoms with Gasteiger partial charge in [0.1, 0.15) is 12.4 Å². The van der Waals surface area contributed by atoms with Crippen molar-refractivity contribution in [3.63, 3.8) is 0 Å². The van der Waals surface area contributed by atoms with Gasteiger partial charge in [-0.1, -0.05) is 72.8 Å². The molecule has 1 amide bonds. The number of likely N-dealkylation sites (N-methyl/N-ethyl adjacent to an activating group) is 1. The Balaban J connectivity index is 1.42. The molecule has 0 spiro atoms. The Bertz CT molecular complexity index is 977. The molecule has 3 aromatic carbocycles. The van der Waals surface area contributed by atoms with Crippen molar-refractivity contribution in [3.05, 3.63) is 102 Å². The lowest BCUT2D eigenvalue weighted by Crippen LogP contribution is -2.47. The van der Waals surface area contributed by atoms with E-state index in [9.17, 15) is 9.90 Å². The van der Waals surface area contributed by atoms with E-state index < -0.39 is 12.1 Å². The summed E-state index contributed by atoms with van der Waals surface area (Å²) in [5, 5.41) is 10.6. The highest BCUT2D eigenvalue weighted by Crippen LogP contribution is 2.21. The van der Waals surface area contributed by atoms with E-state index in [0.717, 1.165) is 29.7 Å². The molecule has 0 aliphatic rings. The van der Waals surface area contributed by atoms with Gasteiger partial charge in [-0.2, -0.15) is 0 Å². The van der Waals surface area contributed by atoms with Gasteiger partial charge in [0, 0.05) is 7.05 Å². The minimum atomic E-state index is -0.755. The van der Waals surface area contributed by atoms with Gasteiger partial charge in [-0.25, -0.2) is 0 Å². The number of ether oxygens (including phenoxy) is 1. The predicted octanol–water partition coefficient (Wildman–Crippen LogP) is 4.50. The van der Waals surface area contributed by atoms with Crippen LogP contribution in [0.1, 0.15) is 42.6 Å². The second-order valence-corrected chi connectivity index (χ2v) is 8.46. The third-order valence-corrected chi connectivity index (χ3v) is 6.03. The van der Waals surface area contributed by atoms with Crippen LogP contribution in [-0.4, -0.2) is 35.0 Å². The van der Waals surface area contributed by atoms with E-state index in [-0.39, 0.29) is 11.9 Å². The highest BCUT2D eigenvalue weighted by atomic mass is 16.5. The number of hydrogen-bond donors (Lipinski definition) is 2. The normalized spacial score (nSPS) is 13.7. The fraction of sp³-hybridized carbons (Fsp3) is 0.321. The molecule has 0 fully saturated rings. The maximum atomic E-state index is 12.8. The summed E-state index contributed by atoms with van der Waals surface area (Å²) in [4.78, 5) is 14.3. The summed E-state index contributed by atoms with van der Waals surface area (Å²) in [6, 6.07) is 26.5. The van der Waals surface area contributed by atoms with Crippen LogP contribution in [0.3, 0.4) is 0 Å². The van der Waals surface area contributed by atoms with Crippen LogP contribution in [0.2, 0.25) is 0 Å². The Kier molecular flexibility index (Phi) is 9.04. The largest absolute Gasteiger partial charge is 0.489 e. The maximum Gasteiger partial charge on any atom is 0.239 e. The van der Waals surface area contributed by atoms with Crippen LogP contribution < -0.4 is 10.5 Å². The van der Waals surface area contributed by atoms with Crippen molar-refractivity contribution in [2.24, 2.45) is 5.73 Å². The molecule has 0 saturated heterocycles. The topological polar surface area (TPSA) is 75.8 Å². The molecule has 3 N–H and O–H groups in total. The van der Waals surface area contributed by atoms with Gasteiger partial charge in [0.15, 0.2) is 0 Å². The molecule has 0 aliphatic heterocycles. The smallest absolute Gasteiger partial charge is 0.239 e. The molecular formula is C28H34N2O3. The van der Waals surface area contributed by atoms with Gasteiger partial charge in [0.2, 0.25) is 5.91 Å². The van der Waals surface area contributed by atoms with E-state index in [1.165, 1.54) is 5.56 Å². The number of rotatable bonds is 11. The molecule has 0 unspecified atom stereocenters. The van der Waals surface area contributed by atoms with E-state index in [2.05, 4.69) is 12.1 Å². The maximum absolute atomic E-state index is 12.8. The number of carbonyl (C=O) groups excluding carboxylic acids is 1. The monoisotopic (exact) mass is 446 g/mol. The van der Waals surface area contributed by atoms with Gasteiger partial charge < -0.3 is 20.5 Å². The van der Waals surface area contributed by atoms with Crippen LogP contribution in [0.25, 0.3) is 0 Å². The molecule has 0 heterocycles. The highest BCUT2D eigenvalue weighted by molar-refractivity contribution is 5.81. The number of hydrogen-bond acceptors (Lipinski definition) is 4. The Morgan fingerprint density at radius 2 is 1.55 bits per heavy atom. The molecular weight excluding hydrogens is 412 g/mol. The Hall–Kier alpha value is -3.15. The molecule has 33 heavy (non-hydrogen) atoms. The van der Waals surface area contributed by atoms with Crippen LogP contribution in [0.4, 0.5) is 0 Å². The average molecular weight is 447 g/mol. The van der Waals surface area contributed by atoms with Crippen molar-refractivity contribution in [2.45, 2.75) is 51.0 Å². The van der Waals surface area contributed by atoms with Crippen molar-refractivity contribution in [3.8, 4) is 5.75 Å². The summed E-state index contributed by atoms with van der Waals surface area (Å²) in [7, 11) is 1.70. The van der Waals surface area contributed by atoms with E-state index >= 15 is 0 Å². The van der Waals surface area contributed by atoms with Crippen LogP contribution in [0.5, 0.6) is 5.75 Å². The first-order chi connectivity index (χ1) is 16.0. The number of amides is 1. The van der Waals surface area contributed by atoms with Crippen LogP contribution in [0, 0.1) is 0 Å². The minimum Gasteiger partial charge on any atom is -0.489 e. The van der Waals surface area contributed by atoms with Gasteiger partial charge in [-0.3, -0.25) is 4.79 Å². The molecule has 3 rings (SSSR count). The molecule has 0 bridgehead atoms. The van der Waals surface area contributed by atoms with Crippen LogP contribution >= 0.6 is 0 Å². The molecule has 0 aromatic heterocycles. The third-order valence-electron chi connectivity index (χ3n) is 6.03. The van der Waals surface area contributed by atoms with E-state index in [1.807, 2.05) is 79.7 Å². The average Bonchev–Trinajstić information content (AvgIpc) is 2.87. The highest BCUT2D eigenvalue weighted by Gasteiger charge is 2.27. The minimum absolute atomic E-state index is 0.151. The number of aliphatic hydroxyl groups is 1. The van der Waals surface area contributed by atoms with Gasteiger partial charge in [-0.15, -0.1) is 0 Å². The van der Waals surface area contributed by atoms with Gasteiger partial charge in [0.25, 0.3) is 0 Å². The summed E-state index contributed by atoms with van der Waals surface area (Å²) in [5.74, 6) is 0.684. The van der Waals surface area contributed by atoms with Gasteiger partial charge >= 0.3 is 0 Å². The molecule has 0 saturated carbocycles. The molecule has 5 heteroatoms. The lowest BCUT2D eigenvalue weighted by Gasteiger charge is -2.31. The third kappa shape index (κ3) is 7.17. The zero-order valence-corrected chi connectivity index (χ0v) is 19.4. The second kappa shape index (κ2) is 12.2. The first-order valence-corrected chi connectivity index (χ1v) is 11.5. The van der Waals surface area contributed by atoms with E-state index in [4.69, 9.17) is 10.5 Å². The van der Waals surface area contributed by atoms with Crippen molar-refractivity contribution < 1.29 is 14.6 Å². The summed E-state index contributed by atoms with van der Waals surface area (Å²) < 4.78 is 5.83. The fourth-order valence-electron chi connectivity index (χ4n) is 3.75. The van der Waals surface area contributed by atoms with Crippen LogP contribution in [0.15, 0.2) is 84.9 Å². The second-order valence-electron chi connectivity index (χ2n) is 8.46. The summed E-state index contributed by atoms with van der Waals surface area (Å²) in [6.45, 7) is 2.38. The van der Waals surface area contributed by atoms with Gasteiger partial charge in [0.05, 0.1) is 18.2 Å². The summed E-state index contributed by atoms with van der Waals surface area (Å²) in [5.41, 5.74) is 9.29. The summed E-state index contributed by atoms with van der Waals surface area (Å²) in [6.07, 6.45) is 1.48. The SMILES string of the molecule is C[C@@H]([C@@H](O)c1ccccc1)N(C)C(=O)[C@H](N)CCCc1ccc(OCc2ccccc2)cc1. The van der Waals surface area contributed by atoms with E-state index in [0.29, 0.717) is 13.0 Å². The quantitative estimate of drug-likeness (QED) is 0.455. The number of carbonyl (C=O) groups is 1. The number of aryl methyl sites for hydroxylation is 1. The predicted molar refractivity (Wildman–Crippen MR) is 132 cm³/mol. The molecule has 0 radical (unpaired) electrons. The molecule has 3 aromatic rings. The lowest BCUT2D eigenvalue weighted by molar-refractivity contribution is -0.135. The Morgan fingerprint density at radius 3 is 2.18 bits per heavy atom. The zero-order valence-electron chi connectivity index (χ0n) is 19.4. The van der Waals surface area contributed by atoms with Crippen LogP contribution in [-0.2, 0) is 17.8 Å². The van der Waals surface area contributed by atoms with Crippen molar-refractivity contribution in [1.29, 1.82) is 0 Å². The fourth-order valence-corrected chi connectivity index (χ4v) is 3.75. The van der Waals surface area contributed by atoms with E-state index in [1.54, 1.807) is 11.9 Å². The Morgan fingerprint density at radius 1 is 0.939 bits per heavy atom. The number of aliphatic hydroxyl groups excluding tert-OH is 1. The number of nitrogens with two attached hydrogens (primary N) is 1. The summed E-state index contributed by atoms with van der Waals surface area (Å²) >= 11 is 0. The van der Waals surface area contributed by atoms with Gasteiger partial charge in [-0.05, 0) is 55.0 Å². The Labute approximate surface area is 196 Å². The molecule has 174 valence electrons. The first-order valence-electron chi connectivity index (χ1n) is 11.5. The number of nitrogens with zero attached hydrogens (tertiary/aromatic N) is 1. The molecule has 3 atom stereocenters. The van der Waals surface area contributed by atoms with Crippen molar-refractivity contribution in [1.82, 2.24) is 4.90 Å². The number of benzene rings is 3. The van der Waals surface area contributed by atoms with Crippen molar-refractivity contribution in [2.75, 3.05) is 7.05 Å². The lowest BCUT2D eigenvalue weighted by atomic mass is 10.0. The molecule has 5 nitrogen and oxygen atoms in total. The van der Waals surface area contributed by atoms with Crippen molar-refractivity contribution >= 4 is 5.91 Å². The first kappa shape index (κ1) is 24.5. The standard InChI is InChI=1S/C28H34N2O3/c1-21(27(31)24-13-7-4-8-14-24)30(2)28(32)26(29)15-9-12-22-16-18-25(19-17-22)33-20-23-10-5-3-6-11-23/h3-8,10-11,13-14,16-19,21,26-27,31H,9,12,15,20,29H2,1-2H3/t21-,26+,27+/m0/s1.